The fraction of sp³-hybridized carbons (Fsp3) is 1.00. The van der Waals surface area contributed by atoms with Crippen LogP contribution in [0.25, 0.3) is 0 Å². The Kier molecular flexibility index (Phi) is 3.85. The first kappa shape index (κ1) is 12.3. The molecule has 2 atom stereocenters. The number of hydrogen-bond acceptors (Lipinski definition) is 4. The number of methoxy groups -OCH3 is 1. The highest BCUT2D eigenvalue weighted by Crippen LogP contribution is 2.18. The first-order valence-electron chi connectivity index (χ1n) is 6.21. The lowest BCUT2D eigenvalue weighted by molar-refractivity contribution is -0.0873. The summed E-state index contributed by atoms with van der Waals surface area (Å²) in [6.07, 6.45) is 1.54. The number of hydrogen-bond donors (Lipinski definition) is 1. The van der Waals surface area contributed by atoms with E-state index in [0.717, 1.165) is 39.2 Å². The van der Waals surface area contributed by atoms with Crippen LogP contribution in [0.4, 0.5) is 0 Å². The molecule has 4 heteroatoms. The smallest absolute Gasteiger partial charge is 0.0753 e. The third kappa shape index (κ3) is 3.17. The molecule has 0 aromatic rings. The summed E-state index contributed by atoms with van der Waals surface area (Å²) in [4.78, 5) is 2.50. The Balaban J connectivity index is 1.77. The molecule has 2 rings (SSSR count). The number of nitrogens with zero attached hydrogens (tertiary/aromatic N) is 1. The lowest BCUT2D eigenvalue weighted by atomic mass is 10.1. The quantitative estimate of drug-likeness (QED) is 0.761. The molecule has 0 aromatic carbocycles. The molecule has 94 valence electrons. The summed E-state index contributed by atoms with van der Waals surface area (Å²) in [6, 6.07) is 0.582. The predicted octanol–water partition coefficient (Wildman–Crippen LogP) is 0.474. The van der Waals surface area contributed by atoms with Crippen LogP contribution >= 0.6 is 0 Å². The Morgan fingerprint density at radius 1 is 1.50 bits per heavy atom. The van der Waals surface area contributed by atoms with Crippen LogP contribution in [0, 0.1) is 0 Å². The van der Waals surface area contributed by atoms with E-state index in [1.807, 2.05) is 0 Å². The van der Waals surface area contributed by atoms with E-state index >= 15 is 0 Å². The summed E-state index contributed by atoms with van der Waals surface area (Å²) in [5.74, 6) is 0. The lowest BCUT2D eigenvalue weighted by Crippen LogP contribution is -2.51. The van der Waals surface area contributed by atoms with Gasteiger partial charge in [-0.25, -0.2) is 0 Å². The molecule has 16 heavy (non-hydrogen) atoms. The van der Waals surface area contributed by atoms with Crippen molar-refractivity contribution in [3.05, 3.63) is 0 Å². The zero-order chi connectivity index (χ0) is 11.6. The highest BCUT2D eigenvalue weighted by atomic mass is 16.5. The number of morpholine rings is 1. The summed E-state index contributed by atoms with van der Waals surface area (Å²) in [7, 11) is 1.80. The van der Waals surface area contributed by atoms with Gasteiger partial charge < -0.3 is 14.8 Å². The summed E-state index contributed by atoms with van der Waals surface area (Å²) in [5, 5.41) is 3.52. The van der Waals surface area contributed by atoms with Crippen molar-refractivity contribution in [2.75, 3.05) is 39.9 Å². The Morgan fingerprint density at radius 2 is 2.31 bits per heavy atom. The third-order valence-corrected chi connectivity index (χ3v) is 3.50. The molecule has 2 heterocycles. The van der Waals surface area contributed by atoms with Gasteiger partial charge in [-0.15, -0.1) is 0 Å². The van der Waals surface area contributed by atoms with Crippen molar-refractivity contribution in [2.45, 2.75) is 38.0 Å². The van der Waals surface area contributed by atoms with Crippen molar-refractivity contribution >= 4 is 0 Å². The highest BCUT2D eigenvalue weighted by molar-refractivity contribution is 4.87. The monoisotopic (exact) mass is 228 g/mol. The van der Waals surface area contributed by atoms with Crippen molar-refractivity contribution < 1.29 is 9.47 Å². The molecule has 2 aliphatic rings. The van der Waals surface area contributed by atoms with Crippen LogP contribution < -0.4 is 5.32 Å². The van der Waals surface area contributed by atoms with Crippen LogP contribution in [0.15, 0.2) is 0 Å². The Hall–Kier alpha value is -0.160. The number of rotatable bonds is 3. The van der Waals surface area contributed by atoms with Gasteiger partial charge in [-0.05, 0) is 20.3 Å². The van der Waals surface area contributed by atoms with Crippen molar-refractivity contribution in [2.24, 2.45) is 0 Å². The molecule has 0 radical (unpaired) electrons. The molecular weight excluding hydrogens is 204 g/mol. The predicted molar refractivity (Wildman–Crippen MR) is 63.7 cm³/mol. The van der Waals surface area contributed by atoms with Crippen molar-refractivity contribution in [3.8, 4) is 0 Å². The average molecular weight is 228 g/mol. The maximum atomic E-state index is 5.72. The largest absolute Gasteiger partial charge is 0.380 e. The molecule has 1 N–H and O–H groups in total. The van der Waals surface area contributed by atoms with E-state index in [9.17, 15) is 0 Å². The standard InChI is InChI=1S/C12H24N2O2/c1-12(2)9-14(4-5-16-12)8-10-6-11(15-3)7-13-10/h10-11,13H,4-9H2,1-3H3. The molecule has 2 saturated heterocycles. The molecule has 0 spiro atoms. The molecule has 0 saturated carbocycles. The zero-order valence-corrected chi connectivity index (χ0v) is 10.7. The van der Waals surface area contributed by atoms with Gasteiger partial charge in [0.15, 0.2) is 0 Å². The second kappa shape index (κ2) is 5.00. The van der Waals surface area contributed by atoms with Gasteiger partial charge in [-0.1, -0.05) is 0 Å². The van der Waals surface area contributed by atoms with Gasteiger partial charge in [0.25, 0.3) is 0 Å². The Morgan fingerprint density at radius 3 is 2.94 bits per heavy atom. The second-order valence-electron chi connectivity index (χ2n) is 5.54. The van der Waals surface area contributed by atoms with Gasteiger partial charge in [0.05, 0.1) is 18.3 Å². The van der Waals surface area contributed by atoms with Crippen LogP contribution in [-0.4, -0.2) is 62.5 Å². The van der Waals surface area contributed by atoms with Crippen LogP contribution in [0.1, 0.15) is 20.3 Å². The lowest BCUT2D eigenvalue weighted by Gasteiger charge is -2.39. The van der Waals surface area contributed by atoms with E-state index in [1.165, 1.54) is 0 Å². The number of nitrogens with one attached hydrogen (secondary N) is 1. The maximum Gasteiger partial charge on any atom is 0.0753 e. The van der Waals surface area contributed by atoms with Gasteiger partial charge in [-0.3, -0.25) is 4.90 Å². The fourth-order valence-corrected chi connectivity index (χ4v) is 2.68. The molecule has 0 amide bonds. The van der Waals surface area contributed by atoms with E-state index in [-0.39, 0.29) is 5.60 Å². The van der Waals surface area contributed by atoms with E-state index in [2.05, 4.69) is 24.1 Å². The van der Waals surface area contributed by atoms with Crippen LogP contribution in [0.3, 0.4) is 0 Å². The third-order valence-electron chi connectivity index (χ3n) is 3.50. The highest BCUT2D eigenvalue weighted by Gasteiger charge is 2.31. The minimum Gasteiger partial charge on any atom is -0.380 e. The first-order chi connectivity index (χ1) is 7.59. The number of ether oxygens (including phenoxy) is 2. The second-order valence-corrected chi connectivity index (χ2v) is 5.54. The minimum absolute atomic E-state index is 0.0114. The molecule has 0 aromatic heterocycles. The molecule has 0 aliphatic carbocycles. The molecular formula is C12H24N2O2. The molecule has 2 aliphatic heterocycles. The van der Waals surface area contributed by atoms with Gasteiger partial charge in [0.2, 0.25) is 0 Å². The van der Waals surface area contributed by atoms with Crippen LogP contribution in [0.2, 0.25) is 0 Å². The minimum atomic E-state index is 0.0114. The van der Waals surface area contributed by atoms with Gasteiger partial charge in [-0.2, -0.15) is 0 Å². The SMILES string of the molecule is COC1CNC(CN2CCOC(C)(C)C2)C1. The molecule has 0 bridgehead atoms. The first-order valence-corrected chi connectivity index (χ1v) is 6.21. The molecule has 4 nitrogen and oxygen atoms in total. The molecule has 2 unspecified atom stereocenters. The topological polar surface area (TPSA) is 33.7 Å². The van der Waals surface area contributed by atoms with Gasteiger partial charge in [0.1, 0.15) is 0 Å². The fourth-order valence-electron chi connectivity index (χ4n) is 2.68. The van der Waals surface area contributed by atoms with E-state index in [4.69, 9.17) is 9.47 Å². The Labute approximate surface area is 98.3 Å². The summed E-state index contributed by atoms with van der Waals surface area (Å²) < 4.78 is 11.1. The zero-order valence-electron chi connectivity index (χ0n) is 10.7. The van der Waals surface area contributed by atoms with E-state index < -0.39 is 0 Å². The summed E-state index contributed by atoms with van der Waals surface area (Å²) >= 11 is 0. The summed E-state index contributed by atoms with van der Waals surface area (Å²) in [5.41, 5.74) is 0.0114. The van der Waals surface area contributed by atoms with Gasteiger partial charge in [0, 0.05) is 39.3 Å². The van der Waals surface area contributed by atoms with Crippen molar-refractivity contribution in [3.63, 3.8) is 0 Å². The maximum absolute atomic E-state index is 5.72. The van der Waals surface area contributed by atoms with Crippen LogP contribution in [0.5, 0.6) is 0 Å². The average Bonchev–Trinajstić information content (AvgIpc) is 2.64. The molecule has 2 fully saturated rings. The normalized spacial score (nSPS) is 35.4. The summed E-state index contributed by atoms with van der Waals surface area (Å²) in [6.45, 7) is 9.38. The van der Waals surface area contributed by atoms with E-state index in [0.29, 0.717) is 12.1 Å². The van der Waals surface area contributed by atoms with Gasteiger partial charge >= 0.3 is 0 Å². The van der Waals surface area contributed by atoms with Crippen molar-refractivity contribution in [1.29, 1.82) is 0 Å². The van der Waals surface area contributed by atoms with Crippen molar-refractivity contribution in [1.82, 2.24) is 10.2 Å². The van der Waals surface area contributed by atoms with E-state index in [1.54, 1.807) is 7.11 Å². The Bertz CT molecular complexity index is 233. The van der Waals surface area contributed by atoms with Crippen LogP contribution in [-0.2, 0) is 9.47 Å².